The molecule has 2 rings (SSSR count). The molecule has 0 N–H and O–H groups in total. The van der Waals surface area contributed by atoms with Crippen LogP contribution in [0.2, 0.25) is 0 Å². The highest BCUT2D eigenvalue weighted by Crippen LogP contribution is 2.35. The van der Waals surface area contributed by atoms with E-state index in [2.05, 4.69) is 20.8 Å². The summed E-state index contributed by atoms with van der Waals surface area (Å²) in [7, 11) is 0. The average Bonchev–Trinajstić information content (AvgIpc) is 2.73. The van der Waals surface area contributed by atoms with Gasteiger partial charge in [-0.1, -0.05) is 20.3 Å². The fraction of sp³-hybridized carbons (Fsp3) is 0.929. The zero-order valence-corrected chi connectivity index (χ0v) is 12.1. The third-order valence-corrected chi connectivity index (χ3v) is 4.06. The number of carbonyl (C=O) groups excluding carboxylic acids is 1. The normalized spacial score (nSPS) is 33.6. The molecule has 2 aliphatic rings. The Labute approximate surface area is 110 Å². The minimum Gasteiger partial charge on any atom is -0.342 e. The maximum absolute atomic E-state index is 12.3. The van der Waals surface area contributed by atoms with Crippen LogP contribution in [-0.2, 0) is 14.3 Å². The average molecular weight is 255 g/mol. The van der Waals surface area contributed by atoms with Crippen molar-refractivity contribution in [3.05, 3.63) is 0 Å². The van der Waals surface area contributed by atoms with E-state index in [4.69, 9.17) is 9.47 Å². The van der Waals surface area contributed by atoms with Gasteiger partial charge in [0.25, 0.3) is 5.91 Å². The second-order valence-corrected chi connectivity index (χ2v) is 6.18. The Kier molecular flexibility index (Phi) is 3.70. The van der Waals surface area contributed by atoms with Gasteiger partial charge in [0, 0.05) is 6.04 Å². The summed E-state index contributed by atoms with van der Waals surface area (Å²) in [5.41, 5.74) is 0. The fourth-order valence-corrected chi connectivity index (χ4v) is 2.90. The zero-order valence-electron chi connectivity index (χ0n) is 12.1. The maximum atomic E-state index is 12.3. The van der Waals surface area contributed by atoms with Gasteiger partial charge in [0.1, 0.15) is 6.10 Å². The molecule has 2 aliphatic heterocycles. The van der Waals surface area contributed by atoms with Crippen molar-refractivity contribution in [3.63, 3.8) is 0 Å². The first-order valence-corrected chi connectivity index (χ1v) is 7.00. The van der Waals surface area contributed by atoms with Crippen molar-refractivity contribution in [3.8, 4) is 0 Å². The van der Waals surface area contributed by atoms with Crippen LogP contribution in [0.25, 0.3) is 0 Å². The third-order valence-electron chi connectivity index (χ3n) is 4.06. The van der Waals surface area contributed by atoms with E-state index in [0.29, 0.717) is 12.5 Å². The van der Waals surface area contributed by atoms with Gasteiger partial charge in [-0.05, 0) is 33.1 Å². The van der Waals surface area contributed by atoms with Crippen LogP contribution in [0.3, 0.4) is 0 Å². The quantitative estimate of drug-likeness (QED) is 0.773. The summed E-state index contributed by atoms with van der Waals surface area (Å²) in [6.45, 7) is 10.9. The fourth-order valence-electron chi connectivity index (χ4n) is 2.90. The Hall–Kier alpha value is -0.610. The first kappa shape index (κ1) is 13.8. The molecule has 2 unspecified atom stereocenters. The van der Waals surface area contributed by atoms with Crippen molar-refractivity contribution >= 4 is 5.91 Å². The van der Waals surface area contributed by atoms with Crippen LogP contribution in [-0.4, -0.2) is 41.4 Å². The molecule has 0 aliphatic carbocycles. The Morgan fingerprint density at radius 3 is 2.61 bits per heavy atom. The first-order chi connectivity index (χ1) is 8.34. The second kappa shape index (κ2) is 4.82. The van der Waals surface area contributed by atoms with Crippen molar-refractivity contribution in [2.75, 3.05) is 6.54 Å². The molecule has 0 aromatic rings. The van der Waals surface area contributed by atoms with Gasteiger partial charge in [-0.15, -0.1) is 0 Å². The lowest BCUT2D eigenvalue weighted by Gasteiger charge is -2.29. The molecule has 4 heteroatoms. The van der Waals surface area contributed by atoms with E-state index in [0.717, 1.165) is 12.8 Å². The monoisotopic (exact) mass is 255 g/mol. The molecule has 104 valence electrons. The molecule has 0 saturated carbocycles. The highest BCUT2D eigenvalue weighted by molar-refractivity contribution is 5.84. The van der Waals surface area contributed by atoms with Crippen molar-refractivity contribution < 1.29 is 14.3 Å². The summed E-state index contributed by atoms with van der Waals surface area (Å²) in [5, 5.41) is 0. The minimum atomic E-state index is -0.614. The number of amides is 1. The Morgan fingerprint density at radius 2 is 2.06 bits per heavy atom. The molecule has 0 radical (unpaired) electrons. The van der Waals surface area contributed by atoms with Crippen molar-refractivity contribution in [1.29, 1.82) is 0 Å². The summed E-state index contributed by atoms with van der Waals surface area (Å²) < 4.78 is 11.5. The molecular formula is C14H25NO3. The molecule has 0 bridgehead atoms. The molecule has 2 heterocycles. The summed E-state index contributed by atoms with van der Waals surface area (Å²) >= 11 is 0. The minimum absolute atomic E-state index is 0.0908. The number of hydrogen-bond acceptors (Lipinski definition) is 3. The van der Waals surface area contributed by atoms with E-state index >= 15 is 0 Å². The molecule has 18 heavy (non-hydrogen) atoms. The molecule has 2 saturated heterocycles. The van der Waals surface area contributed by atoms with Gasteiger partial charge in [0.05, 0.1) is 6.54 Å². The number of hydrogen-bond donors (Lipinski definition) is 0. The Bertz CT molecular complexity index is 329. The van der Waals surface area contributed by atoms with Crippen LogP contribution in [0.1, 0.15) is 47.5 Å². The van der Waals surface area contributed by atoms with Crippen LogP contribution in [0, 0.1) is 5.92 Å². The topological polar surface area (TPSA) is 38.8 Å². The van der Waals surface area contributed by atoms with Crippen LogP contribution >= 0.6 is 0 Å². The molecular weight excluding hydrogens is 230 g/mol. The van der Waals surface area contributed by atoms with E-state index in [-0.39, 0.29) is 24.2 Å². The van der Waals surface area contributed by atoms with Crippen LogP contribution in [0.15, 0.2) is 0 Å². The smallest absolute Gasteiger partial charge is 0.254 e. The Morgan fingerprint density at radius 1 is 1.39 bits per heavy atom. The van der Waals surface area contributed by atoms with Crippen molar-refractivity contribution in [2.45, 2.75) is 71.5 Å². The highest BCUT2D eigenvalue weighted by Gasteiger charge is 2.52. The number of fused-ring (bicyclic) bond motifs is 1. The lowest BCUT2D eigenvalue weighted by molar-refractivity contribution is -0.170. The molecule has 0 aromatic carbocycles. The number of nitrogens with zero attached hydrogens (tertiary/aromatic N) is 1. The van der Waals surface area contributed by atoms with Crippen molar-refractivity contribution in [1.82, 2.24) is 4.90 Å². The van der Waals surface area contributed by atoms with Crippen LogP contribution < -0.4 is 0 Å². The van der Waals surface area contributed by atoms with Gasteiger partial charge in [0.2, 0.25) is 0 Å². The molecule has 4 nitrogen and oxygen atoms in total. The summed E-state index contributed by atoms with van der Waals surface area (Å²) in [4.78, 5) is 14.2. The summed E-state index contributed by atoms with van der Waals surface area (Å²) in [6.07, 6.45) is 1.72. The first-order valence-electron chi connectivity index (χ1n) is 7.00. The van der Waals surface area contributed by atoms with Gasteiger partial charge in [-0.25, -0.2) is 0 Å². The van der Waals surface area contributed by atoms with E-state index in [1.165, 1.54) is 0 Å². The molecule has 0 spiro atoms. The highest BCUT2D eigenvalue weighted by atomic mass is 16.8. The predicted molar refractivity (Wildman–Crippen MR) is 69.1 cm³/mol. The third kappa shape index (κ3) is 2.54. The molecule has 1 amide bonds. The lowest BCUT2D eigenvalue weighted by Crippen LogP contribution is -2.40. The van der Waals surface area contributed by atoms with Gasteiger partial charge >= 0.3 is 0 Å². The number of ether oxygens (including phenoxy) is 2. The van der Waals surface area contributed by atoms with Gasteiger partial charge in [-0.3, -0.25) is 4.79 Å². The maximum Gasteiger partial charge on any atom is 0.254 e. The SMILES string of the molecule is CCC(C)CC(C)N1C[C@H]2OC(C)(C)O[C@H]2C1=O. The second-order valence-electron chi connectivity index (χ2n) is 6.18. The van der Waals surface area contributed by atoms with Gasteiger partial charge in [0.15, 0.2) is 11.9 Å². The Balaban J connectivity index is 1.97. The van der Waals surface area contributed by atoms with E-state index < -0.39 is 5.79 Å². The standard InChI is InChI=1S/C14H25NO3/c1-6-9(2)7-10(3)15-8-11-12(13(15)16)18-14(4,5)17-11/h9-12H,6-8H2,1-5H3/t9?,10?,11-,12-/m1/s1. The van der Waals surface area contributed by atoms with Gasteiger partial charge in [-0.2, -0.15) is 0 Å². The molecule has 4 atom stereocenters. The lowest BCUT2D eigenvalue weighted by atomic mass is 9.99. The van der Waals surface area contributed by atoms with Gasteiger partial charge < -0.3 is 14.4 Å². The largest absolute Gasteiger partial charge is 0.342 e. The number of likely N-dealkylation sites (tertiary alicyclic amines) is 1. The van der Waals surface area contributed by atoms with E-state index in [1.807, 2.05) is 18.7 Å². The molecule has 2 fully saturated rings. The predicted octanol–water partition coefficient (Wildman–Crippen LogP) is 2.17. The van der Waals surface area contributed by atoms with E-state index in [1.54, 1.807) is 0 Å². The molecule has 0 aromatic heterocycles. The van der Waals surface area contributed by atoms with E-state index in [9.17, 15) is 4.79 Å². The summed E-state index contributed by atoms with van der Waals surface area (Å²) in [6, 6.07) is 0.272. The van der Waals surface area contributed by atoms with Crippen molar-refractivity contribution in [2.24, 2.45) is 5.92 Å². The number of rotatable bonds is 4. The van der Waals surface area contributed by atoms with Crippen LogP contribution in [0.5, 0.6) is 0 Å². The van der Waals surface area contributed by atoms with Crippen LogP contribution in [0.4, 0.5) is 0 Å². The number of carbonyl (C=O) groups is 1. The zero-order chi connectivity index (χ0) is 13.5. The summed E-state index contributed by atoms with van der Waals surface area (Å²) in [5.74, 6) is 0.129.